The molecule has 1 aromatic heterocycles. The van der Waals surface area contributed by atoms with Crippen LogP contribution in [-0.4, -0.2) is 50.3 Å². The third-order valence-corrected chi connectivity index (χ3v) is 7.30. The first kappa shape index (κ1) is 18.0. The highest BCUT2D eigenvalue weighted by atomic mass is 32.1. The van der Waals surface area contributed by atoms with Crippen molar-refractivity contribution in [2.45, 2.75) is 57.7 Å². The lowest BCUT2D eigenvalue weighted by Crippen LogP contribution is -2.69. The Morgan fingerprint density at radius 2 is 2.23 bits per heavy atom. The van der Waals surface area contributed by atoms with Crippen LogP contribution in [0.15, 0.2) is 10.4 Å². The molecule has 3 unspecified atom stereocenters. The van der Waals surface area contributed by atoms with Crippen LogP contribution in [0.1, 0.15) is 44.7 Å². The summed E-state index contributed by atoms with van der Waals surface area (Å²) in [5, 5.41) is 10.3. The Balaban J connectivity index is 1.46. The lowest BCUT2D eigenvalue weighted by atomic mass is 9.54. The molecule has 2 saturated carbocycles. The van der Waals surface area contributed by atoms with Crippen LogP contribution in [0, 0.1) is 11.3 Å². The van der Waals surface area contributed by atoms with E-state index in [4.69, 9.17) is 9.73 Å². The minimum atomic E-state index is 0.343. The number of aromatic nitrogens is 1. The fourth-order valence-corrected chi connectivity index (χ4v) is 5.86. The van der Waals surface area contributed by atoms with Crippen molar-refractivity contribution in [1.29, 1.82) is 0 Å². The summed E-state index contributed by atoms with van der Waals surface area (Å²) in [5.74, 6) is 1.57. The number of aliphatic imine (C=N–C) groups is 1. The van der Waals surface area contributed by atoms with E-state index < -0.39 is 0 Å². The quantitative estimate of drug-likeness (QED) is 0.610. The van der Waals surface area contributed by atoms with E-state index in [0.29, 0.717) is 30.0 Å². The van der Waals surface area contributed by atoms with Crippen molar-refractivity contribution in [3.63, 3.8) is 0 Å². The van der Waals surface area contributed by atoms with Crippen molar-refractivity contribution in [2.75, 3.05) is 32.1 Å². The molecular formula is C19H31N5OS. The van der Waals surface area contributed by atoms with Crippen LogP contribution >= 0.6 is 11.3 Å². The number of hydrogen-bond acceptors (Lipinski definition) is 5. The third-order valence-electron chi connectivity index (χ3n) is 6.24. The average molecular weight is 378 g/mol. The van der Waals surface area contributed by atoms with Crippen LogP contribution in [-0.2, 0) is 11.3 Å². The molecule has 0 amide bonds. The SMILES string of the molecule is CCNC(=NCc1csc(N(C)C)n1)NC1C2CCOC2C12CCCC2. The summed E-state index contributed by atoms with van der Waals surface area (Å²) in [7, 11) is 4.05. The zero-order chi connectivity index (χ0) is 18.1. The zero-order valence-corrected chi connectivity index (χ0v) is 16.9. The second-order valence-corrected chi connectivity index (χ2v) is 8.85. The molecule has 2 heterocycles. The molecule has 0 radical (unpaired) electrons. The van der Waals surface area contributed by atoms with Gasteiger partial charge in [-0.3, -0.25) is 0 Å². The number of rotatable bonds is 5. The summed E-state index contributed by atoms with van der Waals surface area (Å²) in [5.41, 5.74) is 1.37. The van der Waals surface area contributed by atoms with E-state index in [1.165, 1.54) is 32.1 Å². The summed E-state index contributed by atoms with van der Waals surface area (Å²) in [6, 6.07) is 0.503. The van der Waals surface area contributed by atoms with Crippen LogP contribution in [0.3, 0.4) is 0 Å². The van der Waals surface area contributed by atoms with Crippen molar-refractivity contribution in [2.24, 2.45) is 16.3 Å². The van der Waals surface area contributed by atoms with Crippen LogP contribution in [0.4, 0.5) is 5.13 Å². The van der Waals surface area contributed by atoms with E-state index in [-0.39, 0.29) is 0 Å². The molecule has 3 fully saturated rings. The summed E-state index contributed by atoms with van der Waals surface area (Å²) < 4.78 is 6.10. The predicted octanol–water partition coefficient (Wildman–Crippen LogP) is 2.61. The Hall–Kier alpha value is -1.34. The molecule has 144 valence electrons. The number of fused-ring (bicyclic) bond motifs is 2. The molecule has 1 spiro atoms. The molecule has 1 aromatic rings. The van der Waals surface area contributed by atoms with Gasteiger partial charge in [-0.2, -0.15) is 0 Å². The molecule has 4 rings (SSSR count). The first-order valence-electron chi connectivity index (χ1n) is 9.92. The van der Waals surface area contributed by atoms with Gasteiger partial charge in [-0.15, -0.1) is 11.3 Å². The minimum Gasteiger partial charge on any atom is -0.377 e. The first-order valence-corrected chi connectivity index (χ1v) is 10.8. The Morgan fingerprint density at radius 3 is 2.92 bits per heavy atom. The Labute approximate surface area is 160 Å². The van der Waals surface area contributed by atoms with E-state index >= 15 is 0 Å². The van der Waals surface area contributed by atoms with E-state index in [0.717, 1.165) is 29.9 Å². The van der Waals surface area contributed by atoms with E-state index in [2.05, 4.69) is 27.9 Å². The van der Waals surface area contributed by atoms with Crippen molar-refractivity contribution >= 4 is 22.4 Å². The van der Waals surface area contributed by atoms with E-state index in [1.54, 1.807) is 11.3 Å². The van der Waals surface area contributed by atoms with Gasteiger partial charge >= 0.3 is 0 Å². The van der Waals surface area contributed by atoms with Gasteiger partial charge in [0.1, 0.15) is 0 Å². The maximum Gasteiger partial charge on any atom is 0.191 e. The van der Waals surface area contributed by atoms with E-state index in [1.807, 2.05) is 19.0 Å². The Kier molecular flexibility index (Phi) is 5.10. The fraction of sp³-hybridized carbons (Fsp3) is 0.789. The fourth-order valence-electron chi connectivity index (χ4n) is 5.11. The van der Waals surface area contributed by atoms with Gasteiger partial charge in [-0.1, -0.05) is 12.8 Å². The normalized spacial score (nSPS) is 29.5. The second-order valence-electron chi connectivity index (χ2n) is 8.02. The molecule has 6 nitrogen and oxygen atoms in total. The minimum absolute atomic E-state index is 0.343. The number of nitrogens with one attached hydrogen (secondary N) is 2. The molecule has 7 heteroatoms. The molecule has 2 aliphatic carbocycles. The number of guanidine groups is 1. The Bertz CT molecular complexity index is 652. The standard InChI is InChI=1S/C19H31N5OS/c1-4-20-17(21-11-13-12-26-18(22-13)24(2)3)23-15-14-7-10-25-16(14)19(15)8-5-6-9-19/h12,14-16H,4-11H2,1-3H3,(H2,20,21,23). The molecule has 1 aliphatic heterocycles. The average Bonchev–Trinajstić information content (AvgIpc) is 3.36. The topological polar surface area (TPSA) is 61.8 Å². The summed E-state index contributed by atoms with van der Waals surface area (Å²) in [6.07, 6.45) is 6.93. The van der Waals surface area contributed by atoms with E-state index in [9.17, 15) is 0 Å². The maximum absolute atomic E-state index is 6.10. The lowest BCUT2D eigenvalue weighted by Gasteiger charge is -2.57. The number of nitrogens with zero attached hydrogens (tertiary/aromatic N) is 3. The molecule has 0 aromatic carbocycles. The second kappa shape index (κ2) is 7.35. The van der Waals surface area contributed by atoms with Crippen molar-refractivity contribution < 1.29 is 4.74 Å². The largest absolute Gasteiger partial charge is 0.377 e. The zero-order valence-electron chi connectivity index (χ0n) is 16.1. The molecule has 0 bridgehead atoms. The van der Waals surface area contributed by atoms with Crippen molar-refractivity contribution in [3.05, 3.63) is 11.1 Å². The molecule has 3 atom stereocenters. The highest BCUT2D eigenvalue weighted by molar-refractivity contribution is 7.13. The van der Waals surface area contributed by atoms with Gasteiger partial charge in [-0.05, 0) is 26.2 Å². The molecule has 2 N–H and O–H groups in total. The number of ether oxygens (including phenoxy) is 1. The van der Waals surface area contributed by atoms with Crippen LogP contribution in [0.5, 0.6) is 0 Å². The van der Waals surface area contributed by atoms with Crippen molar-refractivity contribution in [1.82, 2.24) is 15.6 Å². The Morgan fingerprint density at radius 1 is 1.42 bits per heavy atom. The summed E-state index contributed by atoms with van der Waals surface area (Å²) in [6.45, 7) is 4.53. The lowest BCUT2D eigenvalue weighted by molar-refractivity contribution is -0.125. The maximum atomic E-state index is 6.10. The monoisotopic (exact) mass is 377 g/mol. The number of hydrogen-bond donors (Lipinski definition) is 2. The number of thiazole rings is 1. The van der Waals surface area contributed by atoms with Crippen LogP contribution < -0.4 is 15.5 Å². The highest BCUT2D eigenvalue weighted by Crippen LogP contribution is 2.60. The molecule has 3 aliphatic rings. The third kappa shape index (κ3) is 3.09. The van der Waals surface area contributed by atoms with Gasteiger partial charge in [0.15, 0.2) is 11.1 Å². The van der Waals surface area contributed by atoms with Gasteiger partial charge in [0.2, 0.25) is 0 Å². The first-order chi connectivity index (χ1) is 12.6. The summed E-state index contributed by atoms with van der Waals surface area (Å²) >= 11 is 1.67. The molecule has 1 saturated heterocycles. The molecule has 26 heavy (non-hydrogen) atoms. The summed E-state index contributed by atoms with van der Waals surface area (Å²) in [4.78, 5) is 11.5. The van der Waals surface area contributed by atoms with Gasteiger partial charge in [0, 0.05) is 50.0 Å². The predicted molar refractivity (Wildman–Crippen MR) is 107 cm³/mol. The van der Waals surface area contributed by atoms with Gasteiger partial charge in [0.25, 0.3) is 0 Å². The van der Waals surface area contributed by atoms with Crippen LogP contribution in [0.2, 0.25) is 0 Å². The van der Waals surface area contributed by atoms with Gasteiger partial charge < -0.3 is 20.3 Å². The van der Waals surface area contributed by atoms with Crippen molar-refractivity contribution in [3.8, 4) is 0 Å². The highest BCUT2D eigenvalue weighted by Gasteiger charge is 2.65. The van der Waals surface area contributed by atoms with Gasteiger partial charge in [-0.25, -0.2) is 9.98 Å². The van der Waals surface area contributed by atoms with Crippen LogP contribution in [0.25, 0.3) is 0 Å². The smallest absolute Gasteiger partial charge is 0.191 e. The molecular weight excluding hydrogens is 346 g/mol. The van der Waals surface area contributed by atoms with Gasteiger partial charge in [0.05, 0.1) is 18.3 Å². The number of anilines is 1.